The Morgan fingerprint density at radius 1 is 1.10 bits per heavy atom. The monoisotopic (exact) mass is 436 g/mol. The zero-order valence-corrected chi connectivity index (χ0v) is 16.4. The van der Waals surface area contributed by atoms with E-state index in [2.05, 4.69) is 32.8 Å². The van der Waals surface area contributed by atoms with E-state index in [0.29, 0.717) is 22.5 Å². The number of hydrogen-bond donors (Lipinski definition) is 1. The second-order valence-corrected chi connectivity index (χ2v) is 7.96. The number of hydrogen-bond acceptors (Lipinski definition) is 3. The SMILES string of the molecule is Cn1nc(C2(C)CC2)cc1-c1nc2cc(-c3ccccc3OC(F)(F)F)ccc2[nH]1.[NaH]. The molecule has 2 heterocycles. The molecule has 1 fully saturated rings. The van der Waals surface area contributed by atoms with Crippen LogP contribution in [0.3, 0.4) is 0 Å². The van der Waals surface area contributed by atoms with E-state index in [1.807, 2.05) is 17.8 Å². The average Bonchev–Trinajstić information content (AvgIpc) is 3.11. The van der Waals surface area contributed by atoms with Crippen LogP contribution in [-0.2, 0) is 12.5 Å². The first-order chi connectivity index (χ1) is 14.2. The second kappa shape index (κ2) is 7.69. The van der Waals surface area contributed by atoms with Crippen molar-refractivity contribution < 1.29 is 17.9 Å². The molecule has 0 bridgehead atoms. The van der Waals surface area contributed by atoms with Crippen LogP contribution < -0.4 is 4.74 Å². The molecule has 0 saturated heterocycles. The van der Waals surface area contributed by atoms with Gasteiger partial charge in [-0.3, -0.25) is 4.68 Å². The normalized spacial score (nSPS) is 15.0. The van der Waals surface area contributed by atoms with Crippen molar-refractivity contribution >= 4 is 40.6 Å². The number of para-hydroxylation sites is 1. The summed E-state index contributed by atoms with van der Waals surface area (Å²) >= 11 is 0. The van der Waals surface area contributed by atoms with E-state index in [1.165, 1.54) is 12.1 Å². The fraction of sp³-hybridized carbons (Fsp3) is 0.273. The molecule has 5 nitrogen and oxygen atoms in total. The molecule has 0 atom stereocenters. The first kappa shape index (κ1) is 21.9. The van der Waals surface area contributed by atoms with Crippen molar-refractivity contribution in [3.63, 3.8) is 0 Å². The Morgan fingerprint density at radius 3 is 2.55 bits per heavy atom. The van der Waals surface area contributed by atoms with Gasteiger partial charge in [0, 0.05) is 18.0 Å². The van der Waals surface area contributed by atoms with Gasteiger partial charge < -0.3 is 9.72 Å². The Balaban J connectivity index is 0.00000231. The third-order valence-electron chi connectivity index (χ3n) is 5.65. The summed E-state index contributed by atoms with van der Waals surface area (Å²) in [5.74, 6) is 0.432. The van der Waals surface area contributed by atoms with Gasteiger partial charge in [0.15, 0.2) is 5.82 Å². The van der Waals surface area contributed by atoms with E-state index < -0.39 is 6.36 Å². The summed E-state index contributed by atoms with van der Waals surface area (Å²) in [6.07, 6.45) is -2.49. The van der Waals surface area contributed by atoms with Crippen molar-refractivity contribution in [1.29, 1.82) is 0 Å². The van der Waals surface area contributed by atoms with Crippen LogP contribution in [0.25, 0.3) is 33.7 Å². The molecule has 1 saturated carbocycles. The van der Waals surface area contributed by atoms with Gasteiger partial charge in [-0.25, -0.2) is 4.98 Å². The number of ether oxygens (including phenoxy) is 1. The Kier molecular flexibility index (Phi) is 5.44. The van der Waals surface area contributed by atoms with Crippen LogP contribution in [0.2, 0.25) is 0 Å². The van der Waals surface area contributed by atoms with E-state index in [4.69, 9.17) is 0 Å². The summed E-state index contributed by atoms with van der Waals surface area (Å²) in [7, 11) is 1.88. The number of halogens is 3. The third-order valence-corrected chi connectivity index (χ3v) is 5.65. The van der Waals surface area contributed by atoms with Crippen molar-refractivity contribution in [2.75, 3.05) is 0 Å². The molecule has 1 aliphatic carbocycles. The summed E-state index contributed by atoms with van der Waals surface area (Å²) in [4.78, 5) is 7.96. The molecule has 9 heteroatoms. The number of nitrogens with zero attached hydrogens (tertiary/aromatic N) is 3. The second-order valence-electron chi connectivity index (χ2n) is 7.96. The Hall–Kier alpha value is -2.29. The van der Waals surface area contributed by atoms with Gasteiger partial charge >= 0.3 is 35.9 Å². The number of rotatable bonds is 4. The van der Waals surface area contributed by atoms with Crippen LogP contribution in [0, 0.1) is 0 Å². The van der Waals surface area contributed by atoms with Crippen LogP contribution >= 0.6 is 0 Å². The number of H-pyrrole nitrogens is 1. The van der Waals surface area contributed by atoms with Gasteiger partial charge in [-0.05, 0) is 42.7 Å². The molecule has 0 amide bonds. The summed E-state index contributed by atoms with van der Waals surface area (Å²) in [5.41, 5.74) is 4.48. The standard InChI is InChI=1S/C22H19F3N4O.Na.H/c1-21(9-10-21)19-12-17(29(2)28-19)20-26-15-8-7-13(11-16(15)27-20)14-5-3-4-6-18(14)30-22(23,24)25;;/h3-8,11-12H,9-10H2,1-2H3,(H,26,27);;. The van der Waals surface area contributed by atoms with Crippen molar-refractivity contribution in [2.45, 2.75) is 31.5 Å². The van der Waals surface area contributed by atoms with Crippen molar-refractivity contribution in [2.24, 2.45) is 7.05 Å². The topological polar surface area (TPSA) is 55.7 Å². The predicted molar refractivity (Wildman–Crippen MR) is 114 cm³/mol. The van der Waals surface area contributed by atoms with E-state index in [0.717, 1.165) is 29.7 Å². The average molecular weight is 436 g/mol. The minimum atomic E-state index is -4.75. The molecule has 2 aromatic carbocycles. The van der Waals surface area contributed by atoms with Crippen LogP contribution in [-0.4, -0.2) is 55.7 Å². The number of fused-ring (bicyclic) bond motifs is 1. The number of aromatic nitrogens is 4. The fourth-order valence-corrected chi connectivity index (χ4v) is 3.64. The summed E-state index contributed by atoms with van der Waals surface area (Å²) < 4.78 is 44.3. The van der Waals surface area contributed by atoms with Gasteiger partial charge in [-0.2, -0.15) is 5.10 Å². The Bertz CT molecular complexity index is 1260. The van der Waals surface area contributed by atoms with Crippen molar-refractivity contribution in [3.05, 3.63) is 54.2 Å². The quantitative estimate of drug-likeness (QED) is 0.462. The van der Waals surface area contributed by atoms with Crippen LogP contribution in [0.4, 0.5) is 13.2 Å². The first-order valence-corrected chi connectivity index (χ1v) is 9.62. The Labute approximate surface area is 198 Å². The van der Waals surface area contributed by atoms with Gasteiger partial charge in [0.1, 0.15) is 11.4 Å². The summed E-state index contributed by atoms with van der Waals surface area (Å²) in [6, 6.07) is 13.5. The van der Waals surface area contributed by atoms with Gasteiger partial charge in [-0.1, -0.05) is 31.2 Å². The number of aryl methyl sites for hydroxylation is 1. The van der Waals surface area contributed by atoms with Gasteiger partial charge in [-0.15, -0.1) is 13.2 Å². The molecule has 2 aromatic heterocycles. The number of alkyl halides is 3. The van der Waals surface area contributed by atoms with E-state index in [1.54, 1.807) is 24.3 Å². The number of nitrogens with one attached hydrogen (secondary N) is 1. The molecule has 0 unspecified atom stereocenters. The van der Waals surface area contributed by atoms with Crippen LogP contribution in [0.5, 0.6) is 5.75 Å². The molecule has 5 rings (SSSR count). The molecule has 31 heavy (non-hydrogen) atoms. The zero-order chi connectivity index (χ0) is 21.1. The molecule has 156 valence electrons. The summed E-state index contributed by atoms with van der Waals surface area (Å²) in [6.45, 7) is 2.20. The molecule has 0 spiro atoms. The van der Waals surface area contributed by atoms with E-state index in [-0.39, 0.29) is 40.7 Å². The molecular formula is C22H20F3N4NaO. The third kappa shape index (κ3) is 4.24. The van der Waals surface area contributed by atoms with Gasteiger partial charge in [0.05, 0.1) is 16.7 Å². The maximum atomic E-state index is 12.8. The van der Waals surface area contributed by atoms with Gasteiger partial charge in [0.2, 0.25) is 0 Å². The molecule has 1 N–H and O–H groups in total. The molecule has 4 aromatic rings. The van der Waals surface area contributed by atoms with Gasteiger partial charge in [0.25, 0.3) is 0 Å². The minimum absolute atomic E-state index is 0. The fourth-order valence-electron chi connectivity index (χ4n) is 3.64. The van der Waals surface area contributed by atoms with Crippen LogP contribution in [0.15, 0.2) is 48.5 Å². The maximum absolute atomic E-state index is 12.8. The van der Waals surface area contributed by atoms with E-state index >= 15 is 0 Å². The zero-order valence-electron chi connectivity index (χ0n) is 16.4. The predicted octanol–water partition coefficient (Wildman–Crippen LogP) is 4.93. The van der Waals surface area contributed by atoms with Crippen molar-refractivity contribution in [1.82, 2.24) is 19.7 Å². The first-order valence-electron chi connectivity index (χ1n) is 9.62. The molecule has 0 radical (unpaired) electrons. The molecule has 0 aliphatic heterocycles. The number of aromatic amines is 1. The molecule has 1 aliphatic rings. The number of imidazole rings is 1. The van der Waals surface area contributed by atoms with Crippen LogP contribution in [0.1, 0.15) is 25.5 Å². The van der Waals surface area contributed by atoms with E-state index in [9.17, 15) is 13.2 Å². The summed E-state index contributed by atoms with van der Waals surface area (Å²) in [5, 5.41) is 4.64. The number of benzene rings is 2. The Morgan fingerprint density at radius 2 is 1.84 bits per heavy atom. The molecular weight excluding hydrogens is 416 g/mol. The van der Waals surface area contributed by atoms with Crippen molar-refractivity contribution in [3.8, 4) is 28.4 Å².